The zero-order valence-corrected chi connectivity index (χ0v) is 16.8. The summed E-state index contributed by atoms with van der Waals surface area (Å²) < 4.78 is 6.11. The molecule has 0 saturated heterocycles. The molecule has 0 heterocycles. The number of alkyl halides is 1. The third-order valence-electron chi connectivity index (χ3n) is 2.67. The van der Waals surface area contributed by atoms with Crippen molar-refractivity contribution >= 4 is 24.8 Å². The Labute approximate surface area is 142 Å². The molecule has 20 heavy (non-hydrogen) atoms. The summed E-state index contributed by atoms with van der Waals surface area (Å²) in [5.41, 5.74) is 0. The predicted octanol–water partition coefficient (Wildman–Crippen LogP) is 5.13. The van der Waals surface area contributed by atoms with Gasteiger partial charge in [0.15, 0.2) is 0 Å². The van der Waals surface area contributed by atoms with Crippen LogP contribution in [0.2, 0.25) is 0 Å². The molecule has 1 aromatic carbocycles. The number of hydrogen-bond donors (Lipinski definition) is 0. The molecular formula is C16H27ClOPPd. The summed E-state index contributed by atoms with van der Waals surface area (Å²) >= 11 is 7.64. The molecule has 0 saturated carbocycles. The Morgan fingerprint density at radius 2 is 1.45 bits per heavy atom. The second-order valence-corrected chi connectivity index (χ2v) is 11.7. The maximum atomic E-state index is 5.53. The Kier molecular flexibility index (Phi) is 8.93. The van der Waals surface area contributed by atoms with E-state index in [0.29, 0.717) is 4.35 Å². The van der Waals surface area contributed by atoms with Crippen molar-refractivity contribution in [3.05, 3.63) is 24.3 Å². The summed E-state index contributed by atoms with van der Waals surface area (Å²) in [4.78, 5) is 0. The summed E-state index contributed by atoms with van der Waals surface area (Å²) in [6.07, 6.45) is 0. The molecule has 0 aliphatic rings. The molecule has 4 heteroatoms. The monoisotopic (exact) mass is 407 g/mol. The van der Waals surface area contributed by atoms with Crippen LogP contribution in [0.15, 0.2) is 24.3 Å². The van der Waals surface area contributed by atoms with E-state index < -0.39 is 0 Å². The average Bonchev–Trinajstić information content (AvgIpc) is 2.27. The van der Waals surface area contributed by atoms with Gasteiger partial charge in [-0.3, -0.25) is 0 Å². The summed E-state index contributed by atoms with van der Waals surface area (Å²) in [5.74, 6) is 1.03. The van der Waals surface area contributed by atoms with Gasteiger partial charge in [0.2, 0.25) is 0 Å². The van der Waals surface area contributed by atoms with Gasteiger partial charge in [0.1, 0.15) is 5.75 Å². The molecule has 0 aliphatic heterocycles. The molecule has 1 nitrogen and oxygen atoms in total. The number of hydrogen-bond acceptors (Lipinski definition) is 1. The summed E-state index contributed by atoms with van der Waals surface area (Å²) in [6, 6.07) is 8.45. The fourth-order valence-electron chi connectivity index (χ4n) is 2.54. The summed E-state index contributed by atoms with van der Waals surface area (Å²) in [7, 11) is 1.47. The second-order valence-electron chi connectivity index (χ2n) is 6.43. The number of benzene rings is 1. The fraction of sp³-hybridized carbons (Fsp3) is 0.625. The van der Waals surface area contributed by atoms with E-state index >= 15 is 0 Å². The fourth-order valence-corrected chi connectivity index (χ4v) is 6.62. The minimum atomic E-state index is -0.289. The molecule has 0 aliphatic carbocycles. The molecule has 0 bridgehead atoms. The first-order valence-electron chi connectivity index (χ1n) is 6.60. The van der Waals surface area contributed by atoms with Crippen LogP contribution in [0.4, 0.5) is 0 Å². The van der Waals surface area contributed by atoms with Gasteiger partial charge in [-0.15, -0.1) is 0 Å². The first kappa shape index (κ1) is 20.4. The molecule has 0 radical (unpaired) electrons. The Morgan fingerprint density at radius 3 is 1.80 bits per heavy atom. The molecule has 0 atom stereocenters. The number of ether oxygens (including phenoxy) is 1. The van der Waals surface area contributed by atoms with E-state index in [2.05, 4.69) is 78.9 Å². The Bertz CT molecular complexity index is 382. The minimum absolute atomic E-state index is 0.280. The number of methoxy groups -OCH3 is 1. The maximum absolute atomic E-state index is 5.53. The number of para-hydroxylation sites is 1. The van der Waals surface area contributed by atoms with Crippen molar-refractivity contribution in [2.24, 2.45) is 0 Å². The first-order chi connectivity index (χ1) is 9.09. The molecule has 0 spiro atoms. The molecule has 1 aromatic rings. The van der Waals surface area contributed by atoms with Gasteiger partial charge in [0, 0.05) is 5.30 Å². The quantitative estimate of drug-likeness (QED) is 0.375. The van der Waals surface area contributed by atoms with Crippen LogP contribution in [0.25, 0.3) is 0 Å². The molecular weight excluding hydrogens is 381 g/mol. The van der Waals surface area contributed by atoms with Crippen LogP contribution in [0, 0.1) is 0 Å². The third-order valence-corrected chi connectivity index (χ3v) is 6.20. The van der Waals surface area contributed by atoms with Crippen molar-refractivity contribution in [1.82, 2.24) is 0 Å². The molecule has 0 unspecified atom stereocenters. The van der Waals surface area contributed by atoms with Crippen LogP contribution in [-0.4, -0.2) is 21.8 Å². The van der Waals surface area contributed by atoms with Crippen LogP contribution in [0.1, 0.15) is 41.5 Å². The zero-order valence-electron chi connectivity index (χ0n) is 13.6. The van der Waals surface area contributed by atoms with Crippen LogP contribution >= 0.6 is 19.5 Å². The van der Waals surface area contributed by atoms with E-state index in [-0.39, 0.29) is 18.2 Å². The van der Waals surface area contributed by atoms with Crippen molar-refractivity contribution in [3.63, 3.8) is 0 Å². The van der Waals surface area contributed by atoms with Crippen molar-refractivity contribution in [3.8, 4) is 5.75 Å². The van der Waals surface area contributed by atoms with Gasteiger partial charge < -0.3 is 4.74 Å². The van der Waals surface area contributed by atoms with Crippen molar-refractivity contribution in [1.29, 1.82) is 0 Å². The van der Waals surface area contributed by atoms with Crippen LogP contribution < -0.4 is 10.0 Å². The predicted molar refractivity (Wildman–Crippen MR) is 89.8 cm³/mol. The summed E-state index contributed by atoms with van der Waals surface area (Å²) in [6.45, 7) is 14.0. The normalized spacial score (nSPS) is 11.9. The number of halogens is 1. The van der Waals surface area contributed by atoms with Gasteiger partial charge >= 0.3 is 35.2 Å². The number of rotatable bonds is 2. The van der Waals surface area contributed by atoms with E-state index in [4.69, 9.17) is 16.3 Å². The van der Waals surface area contributed by atoms with Crippen LogP contribution in [0.5, 0.6) is 5.75 Å². The third kappa shape index (κ3) is 6.45. The Morgan fingerprint density at radius 1 is 1.05 bits per heavy atom. The first-order valence-corrected chi connectivity index (χ1v) is 9.58. The Balaban J connectivity index is 0.00000110. The van der Waals surface area contributed by atoms with Crippen molar-refractivity contribution in [2.45, 2.75) is 51.9 Å². The van der Waals surface area contributed by atoms with E-state index in [9.17, 15) is 0 Å². The SMILES string of the molecule is COc1ccccc1P(C(C)(C)C)C(C)(C)C.Cl[CH2][Pd]. The van der Waals surface area contributed by atoms with Crippen LogP contribution in [0.3, 0.4) is 0 Å². The van der Waals surface area contributed by atoms with Crippen molar-refractivity contribution < 1.29 is 23.9 Å². The second kappa shape index (κ2) is 8.75. The van der Waals surface area contributed by atoms with Gasteiger partial charge in [-0.25, -0.2) is 0 Å². The molecule has 0 amide bonds. The van der Waals surface area contributed by atoms with Gasteiger partial charge in [0.25, 0.3) is 0 Å². The standard InChI is InChI=1S/C15H25OP.CH2Cl.Pd/c1-14(2,3)17(15(4,5)6)13-11-9-8-10-12(13)16-7;1-2;/h8-11H,1-7H3;1H2;. The van der Waals surface area contributed by atoms with E-state index in [1.165, 1.54) is 5.30 Å². The van der Waals surface area contributed by atoms with Gasteiger partial charge in [-0.2, -0.15) is 0 Å². The van der Waals surface area contributed by atoms with E-state index in [1.807, 2.05) is 6.07 Å². The zero-order chi connectivity index (χ0) is 16.0. The van der Waals surface area contributed by atoms with Gasteiger partial charge in [-0.1, -0.05) is 67.7 Å². The van der Waals surface area contributed by atoms with E-state index in [1.54, 1.807) is 7.11 Å². The molecule has 0 fully saturated rings. The summed E-state index contributed by atoms with van der Waals surface area (Å²) in [5, 5.41) is 1.94. The van der Waals surface area contributed by atoms with E-state index in [0.717, 1.165) is 5.75 Å². The molecule has 0 aromatic heterocycles. The topological polar surface area (TPSA) is 9.23 Å². The van der Waals surface area contributed by atoms with Gasteiger partial charge in [-0.05, 0) is 16.4 Å². The molecule has 119 valence electrons. The molecule has 0 N–H and O–H groups in total. The van der Waals surface area contributed by atoms with Crippen molar-refractivity contribution in [2.75, 3.05) is 11.5 Å². The Hall–Kier alpha value is 0.402. The average molecular weight is 408 g/mol. The molecule has 1 rings (SSSR count). The van der Waals surface area contributed by atoms with Crippen LogP contribution in [-0.2, 0) is 19.2 Å². The van der Waals surface area contributed by atoms with Gasteiger partial charge in [0.05, 0.1) is 7.11 Å².